The number of hydrogen-bond donors (Lipinski definition) is 0. The molecule has 222 valence electrons. The van der Waals surface area contributed by atoms with Crippen molar-refractivity contribution in [1.82, 2.24) is 0 Å². The topological polar surface area (TPSA) is 18.5 Å². The highest BCUT2D eigenvalue weighted by Gasteiger charge is 2.34. The fourth-order valence-electron chi connectivity index (χ4n) is 5.90. The van der Waals surface area contributed by atoms with Crippen LogP contribution in [0.15, 0.2) is 0 Å². The molecule has 1 aliphatic rings. The first-order chi connectivity index (χ1) is 17.2. The van der Waals surface area contributed by atoms with Gasteiger partial charge >= 0.3 is 0 Å². The summed E-state index contributed by atoms with van der Waals surface area (Å²) in [5.74, 6) is 4.78. The molecule has 1 aromatic carbocycles. The summed E-state index contributed by atoms with van der Waals surface area (Å²) in [6.45, 7) is 20.3. The van der Waals surface area contributed by atoms with E-state index in [1.807, 2.05) is 0 Å². The Hall–Kier alpha value is -0.930. The Bertz CT molecular complexity index is 844. The van der Waals surface area contributed by atoms with E-state index in [2.05, 4.69) is 76.5 Å². The third kappa shape index (κ3) is 11.3. The third-order valence-corrected chi connectivity index (χ3v) is 8.85. The van der Waals surface area contributed by atoms with Crippen LogP contribution in [0, 0.1) is 38.5 Å². The maximum atomic E-state index is 6.82. The normalized spacial score (nSPS) is 18.9. The lowest BCUT2D eigenvalue weighted by Crippen LogP contribution is -3.00. The van der Waals surface area contributed by atoms with Crippen LogP contribution in [0.5, 0.6) is 11.5 Å². The van der Waals surface area contributed by atoms with Crippen LogP contribution in [0.1, 0.15) is 121 Å². The lowest BCUT2D eigenvalue weighted by molar-refractivity contribution is -0.870. The van der Waals surface area contributed by atoms with Crippen molar-refractivity contribution in [3.05, 3.63) is 22.3 Å². The van der Waals surface area contributed by atoms with E-state index in [4.69, 9.17) is 9.47 Å². The SMILES string of the molecule is Cc1c(C)c2c(c(C)c1OCC[N+](C)(C)C)CCC(C)(CCCC(C)CCCC(C)CCCC(C)C)O2.[Cl-]. The van der Waals surface area contributed by atoms with E-state index in [0.29, 0.717) is 0 Å². The molecule has 2 rings (SSSR count). The van der Waals surface area contributed by atoms with E-state index >= 15 is 0 Å². The molecule has 3 nitrogen and oxygen atoms in total. The summed E-state index contributed by atoms with van der Waals surface area (Å²) in [5.41, 5.74) is 5.12. The fourth-order valence-corrected chi connectivity index (χ4v) is 5.90. The maximum Gasteiger partial charge on any atom is 0.137 e. The lowest BCUT2D eigenvalue weighted by atomic mass is 9.83. The zero-order valence-corrected chi connectivity index (χ0v) is 27.8. The summed E-state index contributed by atoms with van der Waals surface area (Å²) in [5, 5.41) is 0. The molecule has 0 bridgehead atoms. The van der Waals surface area contributed by atoms with E-state index in [9.17, 15) is 0 Å². The van der Waals surface area contributed by atoms with Crippen LogP contribution in [0.25, 0.3) is 0 Å². The van der Waals surface area contributed by atoms with Crippen LogP contribution in [0.2, 0.25) is 0 Å². The molecule has 0 aliphatic carbocycles. The van der Waals surface area contributed by atoms with Gasteiger partial charge in [-0.2, -0.15) is 0 Å². The van der Waals surface area contributed by atoms with Crippen molar-refractivity contribution in [2.24, 2.45) is 17.8 Å². The largest absolute Gasteiger partial charge is 1.00 e. The highest BCUT2D eigenvalue weighted by atomic mass is 35.5. The van der Waals surface area contributed by atoms with Gasteiger partial charge in [0.1, 0.15) is 30.3 Å². The van der Waals surface area contributed by atoms with Crippen LogP contribution in [0.4, 0.5) is 0 Å². The second kappa shape index (κ2) is 15.8. The van der Waals surface area contributed by atoms with Crippen molar-refractivity contribution in [3.8, 4) is 11.5 Å². The molecule has 0 saturated heterocycles. The van der Waals surface area contributed by atoms with Gasteiger partial charge in [0.15, 0.2) is 0 Å². The quantitative estimate of drug-likeness (QED) is 0.227. The molecule has 1 aromatic rings. The monoisotopic (exact) mass is 551 g/mol. The predicted molar refractivity (Wildman–Crippen MR) is 161 cm³/mol. The van der Waals surface area contributed by atoms with E-state index in [1.54, 1.807) is 0 Å². The summed E-state index contributed by atoms with van der Waals surface area (Å²) >= 11 is 0. The number of ether oxygens (including phenoxy) is 2. The highest BCUT2D eigenvalue weighted by Crippen LogP contribution is 2.45. The Morgan fingerprint density at radius 1 is 0.816 bits per heavy atom. The van der Waals surface area contributed by atoms with Gasteiger partial charge in [0.25, 0.3) is 0 Å². The average Bonchev–Trinajstić information content (AvgIpc) is 2.78. The van der Waals surface area contributed by atoms with Crippen molar-refractivity contribution in [2.75, 3.05) is 34.3 Å². The first kappa shape index (κ1) is 35.1. The van der Waals surface area contributed by atoms with Gasteiger partial charge in [-0.25, -0.2) is 0 Å². The van der Waals surface area contributed by atoms with Gasteiger partial charge in [-0.05, 0) is 87.8 Å². The highest BCUT2D eigenvalue weighted by molar-refractivity contribution is 5.59. The summed E-state index contributed by atoms with van der Waals surface area (Å²) in [4.78, 5) is 0. The van der Waals surface area contributed by atoms with Gasteiger partial charge in [-0.1, -0.05) is 72.6 Å². The molecule has 0 saturated carbocycles. The molecule has 0 fully saturated rings. The number of rotatable bonds is 16. The number of benzene rings is 1. The fraction of sp³-hybridized carbons (Fsp3) is 0.824. The van der Waals surface area contributed by atoms with Gasteiger partial charge < -0.3 is 26.4 Å². The number of nitrogens with zero attached hydrogens (tertiary/aromatic N) is 1. The Balaban J connectivity index is 0.00000722. The van der Waals surface area contributed by atoms with Gasteiger partial charge in [0, 0.05) is 5.56 Å². The van der Waals surface area contributed by atoms with Crippen molar-refractivity contribution < 1.29 is 26.4 Å². The summed E-state index contributed by atoms with van der Waals surface area (Å²) in [6, 6.07) is 0. The zero-order valence-electron chi connectivity index (χ0n) is 27.1. The minimum absolute atomic E-state index is 0. The Morgan fingerprint density at radius 3 is 1.92 bits per heavy atom. The molecule has 0 spiro atoms. The standard InChI is InChI=1S/C34H62NO2.ClH/c1-25(2)15-12-16-26(3)17-13-18-27(4)19-14-21-34(8)22-20-31-30(7)32(36-24-23-35(9,10)11)28(5)29(6)33(31)37-34;/h25-27H,12-24H2,1-11H3;1H/q+1;/p-1. The predicted octanol–water partition coefficient (Wildman–Crippen LogP) is 6.22. The summed E-state index contributed by atoms with van der Waals surface area (Å²) in [6.07, 6.45) is 14.3. The van der Waals surface area contributed by atoms with Crippen molar-refractivity contribution in [1.29, 1.82) is 0 Å². The van der Waals surface area contributed by atoms with E-state index in [1.165, 1.54) is 73.6 Å². The molecule has 0 N–H and O–H groups in total. The second-order valence-corrected chi connectivity index (χ2v) is 14.3. The van der Waals surface area contributed by atoms with Gasteiger partial charge in [0.2, 0.25) is 0 Å². The zero-order chi connectivity index (χ0) is 27.8. The minimum atomic E-state index is -0.0482. The molecule has 38 heavy (non-hydrogen) atoms. The summed E-state index contributed by atoms with van der Waals surface area (Å²) < 4.78 is 14.1. The molecule has 0 aromatic heterocycles. The molecular weight excluding hydrogens is 490 g/mol. The molecular formula is C34H62ClNO2. The summed E-state index contributed by atoms with van der Waals surface area (Å²) in [7, 11) is 6.65. The molecule has 0 radical (unpaired) electrons. The van der Waals surface area contributed by atoms with Crippen molar-refractivity contribution >= 4 is 0 Å². The number of quaternary nitrogens is 1. The van der Waals surface area contributed by atoms with Gasteiger partial charge in [0.05, 0.1) is 21.1 Å². The van der Waals surface area contributed by atoms with Crippen LogP contribution in [0.3, 0.4) is 0 Å². The van der Waals surface area contributed by atoms with E-state index < -0.39 is 0 Å². The first-order valence-electron chi connectivity index (χ1n) is 15.5. The smallest absolute Gasteiger partial charge is 0.137 e. The molecule has 3 unspecified atom stereocenters. The molecule has 0 amide bonds. The molecule has 1 aliphatic heterocycles. The molecule has 4 heteroatoms. The van der Waals surface area contributed by atoms with Gasteiger partial charge in [-0.15, -0.1) is 0 Å². The minimum Gasteiger partial charge on any atom is -1.00 e. The number of halogens is 1. The van der Waals surface area contributed by atoms with E-state index in [-0.39, 0.29) is 18.0 Å². The Labute approximate surface area is 243 Å². The molecule has 3 atom stereocenters. The number of hydrogen-bond acceptors (Lipinski definition) is 2. The third-order valence-electron chi connectivity index (χ3n) is 8.85. The average molecular weight is 552 g/mol. The number of likely N-dealkylation sites (N-methyl/N-ethyl adjacent to an activating group) is 1. The van der Waals surface area contributed by atoms with E-state index in [0.717, 1.165) is 66.1 Å². The molecule has 1 heterocycles. The van der Waals surface area contributed by atoms with Crippen molar-refractivity contribution in [3.63, 3.8) is 0 Å². The van der Waals surface area contributed by atoms with Crippen molar-refractivity contribution in [2.45, 2.75) is 132 Å². The van der Waals surface area contributed by atoms with Crippen LogP contribution in [-0.4, -0.2) is 44.4 Å². The second-order valence-electron chi connectivity index (χ2n) is 14.3. The maximum absolute atomic E-state index is 6.82. The van der Waals surface area contributed by atoms with Crippen LogP contribution in [-0.2, 0) is 6.42 Å². The lowest BCUT2D eigenvalue weighted by Gasteiger charge is -2.38. The first-order valence-corrected chi connectivity index (χ1v) is 15.5. The Morgan fingerprint density at radius 2 is 1.37 bits per heavy atom. The number of fused-ring (bicyclic) bond motifs is 1. The Kier molecular flexibility index (Phi) is 14.5. The van der Waals surface area contributed by atoms with Crippen LogP contribution >= 0.6 is 0 Å². The van der Waals surface area contributed by atoms with Crippen LogP contribution < -0.4 is 21.9 Å². The van der Waals surface area contributed by atoms with Gasteiger partial charge in [-0.3, -0.25) is 0 Å².